The number of piperidine rings is 1. The van der Waals surface area contributed by atoms with Gasteiger partial charge in [-0.25, -0.2) is 8.42 Å². The summed E-state index contributed by atoms with van der Waals surface area (Å²) in [6.07, 6.45) is 0.782. The molecule has 0 saturated carbocycles. The number of nitrogens with zero attached hydrogens (tertiary/aromatic N) is 5. The van der Waals surface area contributed by atoms with E-state index < -0.39 is 21.8 Å². The molecule has 0 aliphatic carbocycles. The highest BCUT2D eigenvalue weighted by Crippen LogP contribution is 2.43. The van der Waals surface area contributed by atoms with Crippen molar-refractivity contribution in [2.75, 3.05) is 17.4 Å². The summed E-state index contributed by atoms with van der Waals surface area (Å²) in [4.78, 5) is 1.84. The van der Waals surface area contributed by atoms with Gasteiger partial charge in [0.1, 0.15) is 6.33 Å². The van der Waals surface area contributed by atoms with Crippen LogP contribution in [-0.4, -0.2) is 41.2 Å². The molecule has 38 heavy (non-hydrogen) atoms. The Morgan fingerprint density at radius 2 is 2.00 bits per heavy atom. The van der Waals surface area contributed by atoms with Crippen LogP contribution in [0, 0.1) is 5.92 Å². The maximum atomic E-state index is 14.2. The van der Waals surface area contributed by atoms with Crippen LogP contribution < -0.4 is 4.31 Å². The predicted molar refractivity (Wildman–Crippen MR) is 139 cm³/mol. The standard InChI is InChI=1S/C27H30F3N5O2S/c1-18-6-5-9-34(14-18)15-20-11-24(27(28,29)30)23-16-35(38(36,37)25(23)12-20)22-8-4-7-21(13-22)19(2)10-26-32-31-17-33(26)3/h4,7-8,10-13,17-18H,5-6,9,14-16H2,1-3H3/b19-10+/t18-/m0/s1. The summed E-state index contributed by atoms with van der Waals surface area (Å²) in [5.74, 6) is 1.08. The van der Waals surface area contributed by atoms with Crippen molar-refractivity contribution in [2.45, 2.75) is 50.9 Å². The topological polar surface area (TPSA) is 71.3 Å². The second kappa shape index (κ2) is 9.85. The second-order valence-corrected chi connectivity index (χ2v) is 12.1. The minimum atomic E-state index is -4.67. The Labute approximate surface area is 220 Å². The first-order valence-corrected chi connectivity index (χ1v) is 14.0. The fourth-order valence-electron chi connectivity index (χ4n) is 5.31. The van der Waals surface area contributed by atoms with Gasteiger partial charge in [0, 0.05) is 25.7 Å². The molecule has 1 fully saturated rings. The molecule has 7 nitrogen and oxygen atoms in total. The van der Waals surface area contributed by atoms with Crippen LogP contribution in [-0.2, 0) is 36.3 Å². The molecule has 0 spiro atoms. The summed E-state index contributed by atoms with van der Waals surface area (Å²) < 4.78 is 72.7. The largest absolute Gasteiger partial charge is 0.416 e. The van der Waals surface area contributed by atoms with Crippen molar-refractivity contribution < 1.29 is 21.6 Å². The van der Waals surface area contributed by atoms with Gasteiger partial charge in [-0.3, -0.25) is 9.21 Å². The van der Waals surface area contributed by atoms with E-state index in [1.807, 2.05) is 26.1 Å². The summed E-state index contributed by atoms with van der Waals surface area (Å²) in [7, 11) is -2.38. The van der Waals surface area contributed by atoms with Crippen LogP contribution in [0.25, 0.3) is 11.6 Å². The van der Waals surface area contributed by atoms with Crippen molar-refractivity contribution in [1.29, 1.82) is 0 Å². The Hall–Kier alpha value is -3.18. The van der Waals surface area contributed by atoms with E-state index in [9.17, 15) is 21.6 Å². The highest BCUT2D eigenvalue weighted by Gasteiger charge is 2.43. The lowest BCUT2D eigenvalue weighted by atomic mass is 9.98. The van der Waals surface area contributed by atoms with Crippen molar-refractivity contribution in [1.82, 2.24) is 19.7 Å². The van der Waals surface area contributed by atoms with Gasteiger partial charge in [-0.1, -0.05) is 19.1 Å². The molecule has 0 unspecified atom stereocenters. The molecule has 1 atom stereocenters. The summed E-state index contributed by atoms with van der Waals surface area (Å²) in [5.41, 5.74) is 1.13. The number of fused-ring (bicyclic) bond motifs is 1. The number of aryl methyl sites for hydroxylation is 1. The maximum Gasteiger partial charge on any atom is 0.416 e. The maximum absolute atomic E-state index is 14.2. The lowest BCUT2D eigenvalue weighted by Gasteiger charge is -2.31. The monoisotopic (exact) mass is 545 g/mol. The van der Waals surface area contributed by atoms with Crippen LogP contribution in [0.4, 0.5) is 18.9 Å². The van der Waals surface area contributed by atoms with Crippen molar-refractivity contribution >= 4 is 27.4 Å². The number of likely N-dealkylation sites (tertiary alicyclic amines) is 1. The third kappa shape index (κ3) is 5.09. The van der Waals surface area contributed by atoms with E-state index >= 15 is 0 Å². The number of rotatable bonds is 5. The summed E-state index contributed by atoms with van der Waals surface area (Å²) in [6, 6.07) is 9.36. The summed E-state index contributed by atoms with van der Waals surface area (Å²) in [5, 5.41) is 7.89. The molecule has 1 saturated heterocycles. The fourth-order valence-corrected chi connectivity index (χ4v) is 7.03. The van der Waals surface area contributed by atoms with E-state index in [1.54, 1.807) is 29.1 Å². The van der Waals surface area contributed by atoms with Crippen molar-refractivity contribution in [2.24, 2.45) is 13.0 Å². The molecule has 3 heterocycles. The Morgan fingerprint density at radius 1 is 1.21 bits per heavy atom. The first-order valence-electron chi connectivity index (χ1n) is 12.5. The minimum Gasteiger partial charge on any atom is -0.317 e. The number of benzene rings is 2. The van der Waals surface area contributed by atoms with Gasteiger partial charge in [-0.05, 0) is 79.3 Å². The number of hydrogen-bond acceptors (Lipinski definition) is 5. The minimum absolute atomic E-state index is 0.204. The number of allylic oxidation sites excluding steroid dienone is 1. The summed E-state index contributed by atoms with van der Waals surface area (Å²) in [6.45, 7) is 5.47. The molecule has 2 aromatic carbocycles. The average molecular weight is 546 g/mol. The van der Waals surface area contributed by atoms with Gasteiger partial charge in [-0.2, -0.15) is 13.2 Å². The molecule has 0 bridgehead atoms. The van der Waals surface area contributed by atoms with Crippen LogP contribution in [0.5, 0.6) is 0 Å². The van der Waals surface area contributed by atoms with Gasteiger partial charge in [0.2, 0.25) is 0 Å². The van der Waals surface area contributed by atoms with E-state index in [2.05, 4.69) is 22.0 Å². The average Bonchev–Trinajstić information content (AvgIpc) is 3.37. The molecule has 0 amide bonds. The molecule has 0 N–H and O–H groups in total. The number of alkyl halides is 3. The fraction of sp³-hybridized carbons (Fsp3) is 0.407. The van der Waals surface area contributed by atoms with Crippen LogP contribution in [0.3, 0.4) is 0 Å². The molecule has 2 aliphatic heterocycles. The van der Waals surface area contributed by atoms with Crippen molar-refractivity contribution in [3.05, 3.63) is 70.8 Å². The van der Waals surface area contributed by atoms with E-state index in [1.165, 1.54) is 6.07 Å². The zero-order valence-electron chi connectivity index (χ0n) is 21.5. The van der Waals surface area contributed by atoms with Crippen molar-refractivity contribution in [3.63, 3.8) is 0 Å². The molecular formula is C27H30F3N5O2S. The Bertz CT molecular complexity index is 1500. The van der Waals surface area contributed by atoms with Crippen LogP contribution in [0.15, 0.2) is 47.6 Å². The highest BCUT2D eigenvalue weighted by molar-refractivity contribution is 7.93. The lowest BCUT2D eigenvalue weighted by molar-refractivity contribution is -0.138. The van der Waals surface area contributed by atoms with Gasteiger partial charge < -0.3 is 4.57 Å². The second-order valence-electron chi connectivity index (χ2n) is 10.3. The smallest absolute Gasteiger partial charge is 0.317 e. The van der Waals surface area contributed by atoms with Crippen LogP contribution in [0.1, 0.15) is 54.8 Å². The SMILES string of the molecule is C/C(=C\c1nncn1C)c1cccc(N2Cc3c(C(F)(F)F)cc(CN4CCC[C@H](C)C4)cc3S2(=O)=O)c1. The van der Waals surface area contributed by atoms with Crippen molar-refractivity contribution in [3.8, 4) is 0 Å². The highest BCUT2D eigenvalue weighted by atomic mass is 32.2. The molecule has 0 radical (unpaired) electrons. The Morgan fingerprint density at radius 3 is 2.68 bits per heavy atom. The molecule has 11 heteroatoms. The van der Waals surface area contributed by atoms with Gasteiger partial charge in [0.25, 0.3) is 10.0 Å². The van der Waals surface area contributed by atoms with Crippen LogP contribution in [0.2, 0.25) is 0 Å². The third-order valence-electron chi connectivity index (χ3n) is 7.27. The van der Waals surface area contributed by atoms with Gasteiger partial charge >= 0.3 is 6.18 Å². The van der Waals surface area contributed by atoms with E-state index in [-0.39, 0.29) is 23.5 Å². The first-order chi connectivity index (χ1) is 17.9. The number of hydrogen-bond donors (Lipinski definition) is 0. The molecule has 5 rings (SSSR count). The zero-order chi connectivity index (χ0) is 27.2. The van der Waals surface area contributed by atoms with Gasteiger partial charge in [0.15, 0.2) is 5.82 Å². The zero-order valence-corrected chi connectivity index (χ0v) is 22.3. The number of anilines is 1. The predicted octanol–water partition coefficient (Wildman–Crippen LogP) is 5.34. The summed E-state index contributed by atoms with van der Waals surface area (Å²) >= 11 is 0. The quantitative estimate of drug-likeness (QED) is 0.433. The number of halogens is 3. The van der Waals surface area contributed by atoms with Crippen LogP contribution >= 0.6 is 0 Å². The third-order valence-corrected chi connectivity index (χ3v) is 9.11. The normalized spacial score (nSPS) is 20.1. The molecular weight excluding hydrogens is 515 g/mol. The first kappa shape index (κ1) is 26.4. The molecule has 1 aromatic heterocycles. The number of aromatic nitrogens is 3. The van der Waals surface area contributed by atoms with E-state index in [4.69, 9.17) is 0 Å². The number of sulfonamides is 1. The Balaban J connectivity index is 1.51. The molecule has 3 aromatic rings. The van der Waals surface area contributed by atoms with E-state index in [0.29, 0.717) is 23.0 Å². The molecule has 202 valence electrons. The molecule has 2 aliphatic rings. The lowest BCUT2D eigenvalue weighted by Crippen LogP contribution is -2.33. The van der Waals surface area contributed by atoms with Gasteiger partial charge in [0.05, 0.1) is 22.7 Å². The van der Waals surface area contributed by atoms with E-state index in [0.717, 1.165) is 47.4 Å². The Kier molecular flexibility index (Phi) is 6.85. The van der Waals surface area contributed by atoms with Gasteiger partial charge in [-0.15, -0.1) is 10.2 Å².